The summed E-state index contributed by atoms with van der Waals surface area (Å²) in [5.41, 5.74) is 0.963. The van der Waals surface area contributed by atoms with Gasteiger partial charge >= 0.3 is 11.9 Å². The molecule has 3 aromatic rings. The summed E-state index contributed by atoms with van der Waals surface area (Å²) >= 11 is 0. The maximum Gasteiger partial charge on any atom is 0.330 e. The van der Waals surface area contributed by atoms with E-state index in [1.165, 1.54) is 43.5 Å². The lowest BCUT2D eigenvalue weighted by atomic mass is 10.1. The zero-order chi connectivity index (χ0) is 22.9. The van der Waals surface area contributed by atoms with Gasteiger partial charge in [-0.2, -0.15) is 0 Å². The molecule has 0 spiro atoms. The number of hydrogen-bond donors (Lipinski definition) is 1. The summed E-state index contributed by atoms with van der Waals surface area (Å²) in [7, 11) is -3.13. The van der Waals surface area contributed by atoms with Crippen LogP contribution in [0.3, 0.4) is 0 Å². The van der Waals surface area contributed by atoms with E-state index in [1.54, 1.807) is 12.1 Å². The third kappa shape index (κ3) is 4.22. The lowest BCUT2D eigenvalue weighted by molar-refractivity contribution is -0.134. The van der Waals surface area contributed by atoms with E-state index in [9.17, 15) is 22.4 Å². The molecule has 0 unspecified atom stereocenters. The first kappa shape index (κ1) is 21.6. The highest BCUT2D eigenvalue weighted by atomic mass is 32.2. The van der Waals surface area contributed by atoms with Crippen LogP contribution in [0, 0.1) is 5.82 Å². The molecule has 0 atom stereocenters. The van der Waals surface area contributed by atoms with Crippen molar-refractivity contribution in [3.05, 3.63) is 65.7 Å². The van der Waals surface area contributed by atoms with Crippen molar-refractivity contribution in [1.82, 2.24) is 4.72 Å². The van der Waals surface area contributed by atoms with Gasteiger partial charge in [0.2, 0.25) is 0 Å². The number of furan rings is 1. The molecule has 0 saturated carbocycles. The Morgan fingerprint density at radius 1 is 1.19 bits per heavy atom. The lowest BCUT2D eigenvalue weighted by Gasteiger charge is -2.33. The van der Waals surface area contributed by atoms with Crippen LogP contribution in [0.1, 0.15) is 22.5 Å². The molecule has 32 heavy (non-hydrogen) atoms. The fourth-order valence-corrected chi connectivity index (χ4v) is 4.43. The van der Waals surface area contributed by atoms with Gasteiger partial charge in [0.05, 0.1) is 17.4 Å². The topological polar surface area (TPSA) is 106 Å². The number of rotatable bonds is 6. The number of ether oxygens (including phenoxy) is 1. The highest BCUT2D eigenvalue weighted by molar-refractivity contribution is 7.90. The normalized spacial score (nSPS) is 13.9. The molecule has 8 nitrogen and oxygen atoms in total. The number of benzene rings is 2. The molecule has 1 N–H and O–H groups in total. The molecular weight excluding hydrogens is 439 g/mol. The number of amides is 1. The number of fused-ring (bicyclic) bond motifs is 1. The number of hydrogen-bond acceptors (Lipinski definition) is 7. The van der Waals surface area contributed by atoms with E-state index in [0.29, 0.717) is 5.69 Å². The molecular formula is C22H19FN2O6S. The van der Waals surface area contributed by atoms with Gasteiger partial charge in [-0.05, 0) is 30.2 Å². The third-order valence-electron chi connectivity index (χ3n) is 5.05. The SMILES string of the molecule is COC(=O)/C=C/c1ccccc1S(=O)(=O)NC(=O)c1cc2c(F)cc(N3CCC3)cc2o1. The van der Waals surface area contributed by atoms with Crippen molar-refractivity contribution in [3.63, 3.8) is 0 Å². The standard InChI is InChI=1S/C22H19FN2O6S/c1-30-21(26)8-7-14-5-2-3-6-20(14)32(28,29)24-22(27)19-13-16-17(23)11-15(12-18(16)31-19)25-9-4-10-25/h2-3,5-8,11-13H,4,9-10H2,1H3,(H,24,27)/b8-7+. The number of carbonyl (C=O) groups is 2. The molecule has 1 fully saturated rings. The molecule has 2 aromatic carbocycles. The summed E-state index contributed by atoms with van der Waals surface area (Å²) in [6.07, 6.45) is 3.34. The minimum atomic E-state index is -4.32. The molecule has 1 saturated heterocycles. The smallest absolute Gasteiger partial charge is 0.330 e. The first-order valence-corrected chi connectivity index (χ1v) is 11.2. The summed E-state index contributed by atoms with van der Waals surface area (Å²) < 4.78 is 52.0. The van der Waals surface area contributed by atoms with Crippen molar-refractivity contribution >= 4 is 44.6 Å². The molecule has 4 rings (SSSR count). The average Bonchev–Trinajstić information content (AvgIpc) is 3.16. The van der Waals surface area contributed by atoms with Crippen LogP contribution in [0.2, 0.25) is 0 Å². The number of nitrogens with one attached hydrogen (secondary N) is 1. The summed E-state index contributed by atoms with van der Waals surface area (Å²) in [6.45, 7) is 1.61. The predicted molar refractivity (Wildman–Crippen MR) is 115 cm³/mol. The van der Waals surface area contributed by atoms with Gasteiger partial charge in [0.15, 0.2) is 5.76 Å². The number of anilines is 1. The number of sulfonamides is 1. The Hall–Kier alpha value is -3.66. The second kappa shape index (κ2) is 8.46. The van der Waals surface area contributed by atoms with Gasteiger partial charge in [-0.3, -0.25) is 4.79 Å². The summed E-state index contributed by atoms with van der Waals surface area (Å²) in [6, 6.07) is 9.95. The third-order valence-corrected chi connectivity index (χ3v) is 6.46. The number of nitrogens with zero attached hydrogens (tertiary/aromatic N) is 1. The molecule has 2 heterocycles. The maximum absolute atomic E-state index is 14.5. The van der Waals surface area contributed by atoms with E-state index in [2.05, 4.69) is 4.74 Å². The van der Waals surface area contributed by atoms with Crippen LogP contribution in [-0.2, 0) is 19.6 Å². The Labute approximate surface area is 183 Å². The van der Waals surface area contributed by atoms with Crippen molar-refractivity contribution < 1.29 is 31.6 Å². The van der Waals surface area contributed by atoms with Crippen molar-refractivity contribution in [2.75, 3.05) is 25.1 Å². The van der Waals surface area contributed by atoms with Crippen molar-refractivity contribution in [3.8, 4) is 0 Å². The Balaban J connectivity index is 1.61. The van der Waals surface area contributed by atoms with Gasteiger partial charge in [-0.25, -0.2) is 22.3 Å². The summed E-state index contributed by atoms with van der Waals surface area (Å²) in [5.74, 6) is -2.61. The van der Waals surface area contributed by atoms with Gasteiger partial charge in [-0.1, -0.05) is 18.2 Å². The number of esters is 1. The van der Waals surface area contributed by atoms with E-state index in [4.69, 9.17) is 4.42 Å². The van der Waals surface area contributed by atoms with Crippen molar-refractivity contribution in [2.24, 2.45) is 0 Å². The van der Waals surface area contributed by atoms with Crippen molar-refractivity contribution in [2.45, 2.75) is 11.3 Å². The number of methoxy groups -OCH3 is 1. The van der Waals surface area contributed by atoms with Gasteiger partial charge in [-0.15, -0.1) is 0 Å². The molecule has 10 heteroatoms. The molecule has 1 aliphatic rings. The quantitative estimate of drug-likeness (QED) is 0.447. The van der Waals surface area contributed by atoms with Crippen LogP contribution in [0.4, 0.5) is 10.1 Å². The van der Waals surface area contributed by atoms with Gasteiger partial charge < -0.3 is 14.1 Å². The van der Waals surface area contributed by atoms with Crippen LogP contribution in [-0.4, -0.2) is 40.5 Å². The molecule has 0 radical (unpaired) electrons. The Kier molecular flexibility index (Phi) is 5.70. The van der Waals surface area contributed by atoms with Crippen LogP contribution >= 0.6 is 0 Å². The minimum Gasteiger partial charge on any atom is -0.466 e. The van der Waals surface area contributed by atoms with Crippen LogP contribution in [0.15, 0.2) is 57.9 Å². The van der Waals surface area contributed by atoms with Gasteiger partial charge in [0.25, 0.3) is 10.0 Å². The van der Waals surface area contributed by atoms with Crippen LogP contribution in [0.5, 0.6) is 0 Å². The highest BCUT2D eigenvalue weighted by Gasteiger charge is 2.25. The second-order valence-corrected chi connectivity index (χ2v) is 8.77. The number of carbonyl (C=O) groups excluding carboxylic acids is 2. The lowest BCUT2D eigenvalue weighted by Crippen LogP contribution is -2.36. The monoisotopic (exact) mass is 458 g/mol. The molecule has 0 aliphatic carbocycles. The highest BCUT2D eigenvalue weighted by Crippen LogP contribution is 2.30. The predicted octanol–water partition coefficient (Wildman–Crippen LogP) is 3.09. The first-order valence-electron chi connectivity index (χ1n) is 9.69. The second-order valence-electron chi connectivity index (χ2n) is 7.12. The van der Waals surface area contributed by atoms with E-state index in [-0.39, 0.29) is 27.2 Å². The minimum absolute atomic E-state index is 0.0817. The molecule has 1 aliphatic heterocycles. The first-order chi connectivity index (χ1) is 15.3. The maximum atomic E-state index is 14.5. The largest absolute Gasteiger partial charge is 0.466 e. The fraction of sp³-hybridized carbons (Fsp3) is 0.182. The summed E-state index contributed by atoms with van der Waals surface area (Å²) in [4.78, 5) is 25.7. The molecule has 0 bridgehead atoms. The fourth-order valence-electron chi connectivity index (χ4n) is 3.27. The summed E-state index contributed by atoms with van der Waals surface area (Å²) in [5, 5.41) is 0.0817. The van der Waals surface area contributed by atoms with E-state index in [0.717, 1.165) is 25.6 Å². The van der Waals surface area contributed by atoms with Gasteiger partial charge in [0.1, 0.15) is 11.4 Å². The van der Waals surface area contributed by atoms with E-state index < -0.39 is 27.7 Å². The van der Waals surface area contributed by atoms with E-state index >= 15 is 0 Å². The zero-order valence-electron chi connectivity index (χ0n) is 17.0. The molecule has 166 valence electrons. The Bertz CT molecular complexity index is 1340. The Morgan fingerprint density at radius 3 is 2.62 bits per heavy atom. The van der Waals surface area contributed by atoms with Crippen molar-refractivity contribution in [1.29, 1.82) is 0 Å². The van der Waals surface area contributed by atoms with Crippen LogP contribution in [0.25, 0.3) is 17.0 Å². The average molecular weight is 458 g/mol. The molecule has 1 amide bonds. The van der Waals surface area contributed by atoms with Crippen LogP contribution < -0.4 is 9.62 Å². The molecule has 1 aromatic heterocycles. The van der Waals surface area contributed by atoms with E-state index in [1.807, 2.05) is 9.62 Å². The number of halogens is 1. The Morgan fingerprint density at radius 2 is 1.94 bits per heavy atom. The zero-order valence-corrected chi connectivity index (χ0v) is 17.8. The van der Waals surface area contributed by atoms with Gasteiger partial charge in [0, 0.05) is 37.0 Å².